The Labute approximate surface area is 141 Å². The summed E-state index contributed by atoms with van der Waals surface area (Å²) < 4.78 is 5.51. The number of hydrogen-bond donors (Lipinski definition) is 0. The van der Waals surface area contributed by atoms with Crippen molar-refractivity contribution in [2.45, 2.75) is 0 Å². The van der Waals surface area contributed by atoms with E-state index in [4.69, 9.17) is 4.74 Å². The Morgan fingerprint density at radius 3 is 2.25 bits per heavy atom. The molecule has 3 rings (SSSR count). The molecular weight excluding hydrogens is 304 g/mol. The number of ether oxygens (including phenoxy) is 1. The Hall–Kier alpha value is -2.82. The molecule has 2 aromatic rings. The van der Waals surface area contributed by atoms with Crippen molar-refractivity contribution in [1.29, 1.82) is 0 Å². The van der Waals surface area contributed by atoms with E-state index < -0.39 is 0 Å². The lowest BCUT2D eigenvalue weighted by Gasteiger charge is -2.36. The first kappa shape index (κ1) is 16.1. The molecule has 0 radical (unpaired) electrons. The van der Waals surface area contributed by atoms with E-state index in [0.29, 0.717) is 24.4 Å². The van der Waals surface area contributed by atoms with Crippen LogP contribution in [0.2, 0.25) is 0 Å². The topological polar surface area (TPSA) is 49.9 Å². The van der Waals surface area contributed by atoms with Crippen molar-refractivity contribution in [2.75, 3.05) is 37.7 Å². The normalized spacial score (nSPS) is 14.3. The molecule has 0 bridgehead atoms. The third-order valence-electron chi connectivity index (χ3n) is 4.13. The van der Waals surface area contributed by atoms with Crippen LogP contribution in [0.3, 0.4) is 0 Å². The molecule has 2 aromatic carbocycles. The number of amides is 1. The number of aldehydes is 1. The fourth-order valence-corrected chi connectivity index (χ4v) is 2.73. The minimum absolute atomic E-state index is 0.0119. The molecule has 0 aliphatic carbocycles. The molecule has 5 heteroatoms. The van der Waals surface area contributed by atoms with Crippen LogP contribution in [0, 0.1) is 0 Å². The third kappa shape index (κ3) is 3.93. The number of carbonyl (C=O) groups is 2. The quantitative estimate of drug-likeness (QED) is 0.792. The van der Waals surface area contributed by atoms with Crippen LogP contribution in [0.1, 0.15) is 10.4 Å². The van der Waals surface area contributed by atoms with Gasteiger partial charge in [0.05, 0.1) is 0 Å². The molecule has 1 fully saturated rings. The maximum absolute atomic E-state index is 12.3. The lowest BCUT2D eigenvalue weighted by atomic mass is 10.2. The third-order valence-corrected chi connectivity index (χ3v) is 4.13. The van der Waals surface area contributed by atoms with E-state index in [9.17, 15) is 9.59 Å². The molecule has 0 N–H and O–H groups in total. The Bertz CT molecular complexity index is 678. The van der Waals surface area contributed by atoms with Crippen molar-refractivity contribution in [2.24, 2.45) is 0 Å². The Morgan fingerprint density at radius 1 is 0.958 bits per heavy atom. The van der Waals surface area contributed by atoms with Crippen LogP contribution in [0.15, 0.2) is 54.6 Å². The molecule has 1 aliphatic heterocycles. The number of anilines is 1. The molecule has 1 amide bonds. The van der Waals surface area contributed by atoms with E-state index in [1.165, 1.54) is 5.69 Å². The van der Waals surface area contributed by atoms with Crippen LogP contribution >= 0.6 is 0 Å². The molecule has 1 saturated heterocycles. The number of nitrogens with zero attached hydrogens (tertiary/aromatic N) is 2. The Balaban J connectivity index is 1.47. The minimum atomic E-state index is -0.0119. The van der Waals surface area contributed by atoms with Crippen molar-refractivity contribution < 1.29 is 14.3 Å². The number of hydrogen-bond acceptors (Lipinski definition) is 4. The van der Waals surface area contributed by atoms with Gasteiger partial charge in [0.2, 0.25) is 0 Å². The van der Waals surface area contributed by atoms with Crippen LogP contribution in [0.25, 0.3) is 0 Å². The first-order valence-corrected chi connectivity index (χ1v) is 8.02. The SMILES string of the molecule is O=Cc1ccc(OCC(=O)N2CCN(c3ccccc3)CC2)cc1. The molecule has 0 unspecified atom stereocenters. The van der Waals surface area contributed by atoms with Crippen LogP contribution in [0.5, 0.6) is 5.75 Å². The van der Waals surface area contributed by atoms with Gasteiger partial charge in [0.25, 0.3) is 5.91 Å². The summed E-state index contributed by atoms with van der Waals surface area (Å²) in [5.74, 6) is 0.582. The van der Waals surface area contributed by atoms with E-state index in [1.807, 2.05) is 23.1 Å². The minimum Gasteiger partial charge on any atom is -0.484 e. The van der Waals surface area contributed by atoms with Gasteiger partial charge in [-0.3, -0.25) is 9.59 Å². The highest BCUT2D eigenvalue weighted by molar-refractivity contribution is 5.78. The summed E-state index contributed by atoms with van der Waals surface area (Å²) in [7, 11) is 0. The monoisotopic (exact) mass is 324 g/mol. The molecule has 24 heavy (non-hydrogen) atoms. The second-order valence-electron chi connectivity index (χ2n) is 5.68. The zero-order valence-corrected chi connectivity index (χ0v) is 13.4. The highest BCUT2D eigenvalue weighted by Crippen LogP contribution is 2.16. The second-order valence-corrected chi connectivity index (χ2v) is 5.68. The van der Waals surface area contributed by atoms with E-state index in [-0.39, 0.29) is 12.5 Å². The second kappa shape index (κ2) is 7.64. The average Bonchev–Trinajstić information content (AvgIpc) is 2.67. The van der Waals surface area contributed by atoms with E-state index >= 15 is 0 Å². The first-order chi connectivity index (χ1) is 11.8. The van der Waals surface area contributed by atoms with Gasteiger partial charge in [-0.1, -0.05) is 18.2 Å². The smallest absolute Gasteiger partial charge is 0.260 e. The summed E-state index contributed by atoms with van der Waals surface area (Å²) >= 11 is 0. The van der Waals surface area contributed by atoms with Gasteiger partial charge in [-0.25, -0.2) is 0 Å². The van der Waals surface area contributed by atoms with E-state index in [0.717, 1.165) is 19.4 Å². The predicted molar refractivity (Wildman–Crippen MR) is 92.6 cm³/mol. The summed E-state index contributed by atoms with van der Waals surface area (Å²) in [5, 5.41) is 0. The average molecular weight is 324 g/mol. The van der Waals surface area contributed by atoms with Crippen molar-refractivity contribution in [1.82, 2.24) is 4.90 Å². The van der Waals surface area contributed by atoms with Crippen molar-refractivity contribution in [3.8, 4) is 5.75 Å². The number of para-hydroxylation sites is 1. The summed E-state index contributed by atoms with van der Waals surface area (Å²) in [6.07, 6.45) is 0.779. The van der Waals surface area contributed by atoms with Crippen LogP contribution in [0.4, 0.5) is 5.69 Å². The lowest BCUT2D eigenvalue weighted by molar-refractivity contribution is -0.133. The molecule has 1 heterocycles. The summed E-state index contributed by atoms with van der Waals surface area (Å²) in [6.45, 7) is 3.06. The lowest BCUT2D eigenvalue weighted by Crippen LogP contribution is -2.50. The summed E-state index contributed by atoms with van der Waals surface area (Å²) in [6, 6.07) is 17.0. The molecule has 1 aliphatic rings. The molecule has 0 spiro atoms. The van der Waals surface area contributed by atoms with Crippen LogP contribution in [-0.2, 0) is 4.79 Å². The fourth-order valence-electron chi connectivity index (χ4n) is 2.73. The highest BCUT2D eigenvalue weighted by Gasteiger charge is 2.21. The molecule has 0 atom stereocenters. The zero-order chi connectivity index (χ0) is 16.8. The Kier molecular flexibility index (Phi) is 5.11. The van der Waals surface area contributed by atoms with E-state index in [1.54, 1.807) is 24.3 Å². The molecule has 0 aromatic heterocycles. The molecule has 124 valence electrons. The highest BCUT2D eigenvalue weighted by atomic mass is 16.5. The van der Waals surface area contributed by atoms with Gasteiger partial charge in [0.15, 0.2) is 6.61 Å². The van der Waals surface area contributed by atoms with Crippen molar-refractivity contribution >= 4 is 17.9 Å². The van der Waals surface area contributed by atoms with Crippen LogP contribution in [-0.4, -0.2) is 49.9 Å². The van der Waals surface area contributed by atoms with Gasteiger partial charge in [-0.05, 0) is 36.4 Å². The number of rotatable bonds is 5. The standard InChI is InChI=1S/C19H20N2O3/c22-14-16-6-8-18(9-7-16)24-15-19(23)21-12-10-20(11-13-21)17-4-2-1-3-5-17/h1-9,14H,10-13,15H2. The molecule has 5 nitrogen and oxygen atoms in total. The van der Waals surface area contributed by atoms with Gasteiger partial charge in [0, 0.05) is 37.4 Å². The summed E-state index contributed by atoms with van der Waals surface area (Å²) in [4.78, 5) is 27.0. The number of piperazine rings is 1. The zero-order valence-electron chi connectivity index (χ0n) is 13.4. The van der Waals surface area contributed by atoms with Gasteiger partial charge in [-0.15, -0.1) is 0 Å². The van der Waals surface area contributed by atoms with Crippen molar-refractivity contribution in [3.05, 3.63) is 60.2 Å². The van der Waals surface area contributed by atoms with Gasteiger partial charge in [-0.2, -0.15) is 0 Å². The van der Waals surface area contributed by atoms with Gasteiger partial charge < -0.3 is 14.5 Å². The van der Waals surface area contributed by atoms with Crippen molar-refractivity contribution in [3.63, 3.8) is 0 Å². The largest absolute Gasteiger partial charge is 0.484 e. The Morgan fingerprint density at radius 2 is 1.62 bits per heavy atom. The van der Waals surface area contributed by atoms with Gasteiger partial charge in [0.1, 0.15) is 12.0 Å². The molecular formula is C19H20N2O3. The fraction of sp³-hybridized carbons (Fsp3) is 0.263. The number of benzene rings is 2. The van der Waals surface area contributed by atoms with E-state index in [2.05, 4.69) is 17.0 Å². The predicted octanol–water partition coefficient (Wildman–Crippen LogP) is 2.23. The molecule has 0 saturated carbocycles. The van der Waals surface area contributed by atoms with Crippen LogP contribution < -0.4 is 9.64 Å². The first-order valence-electron chi connectivity index (χ1n) is 8.02. The maximum Gasteiger partial charge on any atom is 0.260 e. The summed E-state index contributed by atoms with van der Waals surface area (Å²) in [5.41, 5.74) is 1.78. The maximum atomic E-state index is 12.3. The number of carbonyl (C=O) groups excluding carboxylic acids is 2. The van der Waals surface area contributed by atoms with Gasteiger partial charge >= 0.3 is 0 Å².